The maximum Gasteiger partial charge on any atom is 0.244 e. The Kier molecular flexibility index (Phi) is 6.09. The Hall–Kier alpha value is -2.40. The van der Waals surface area contributed by atoms with Crippen LogP contribution in [0.3, 0.4) is 0 Å². The van der Waals surface area contributed by atoms with Crippen LogP contribution in [0.5, 0.6) is 17.2 Å². The number of hydrogen-bond acceptors (Lipinski definition) is 7. The van der Waals surface area contributed by atoms with Crippen molar-refractivity contribution >= 4 is 10.0 Å². The van der Waals surface area contributed by atoms with Gasteiger partial charge in [0, 0.05) is 25.7 Å². The molecule has 1 N–H and O–H groups in total. The van der Waals surface area contributed by atoms with Crippen molar-refractivity contribution in [1.29, 1.82) is 0 Å². The Labute approximate surface area is 174 Å². The van der Waals surface area contributed by atoms with Gasteiger partial charge in [0.05, 0.1) is 20.3 Å². The zero-order valence-electron chi connectivity index (χ0n) is 16.5. The number of ether oxygens (including phenoxy) is 4. The van der Waals surface area contributed by atoms with E-state index >= 15 is 0 Å². The highest BCUT2D eigenvalue weighted by Gasteiger charge is 2.28. The average Bonchev–Trinajstić information content (AvgIpc) is 3.22. The van der Waals surface area contributed by atoms with E-state index in [4.69, 9.17) is 18.9 Å². The topological polar surface area (TPSA) is 86.3 Å². The number of fused-ring (bicyclic) bond motifs is 1. The van der Waals surface area contributed by atoms with E-state index < -0.39 is 15.8 Å². The van der Waals surface area contributed by atoms with Crippen molar-refractivity contribution in [3.8, 4) is 17.2 Å². The molecule has 0 spiro atoms. The van der Waals surface area contributed by atoms with Gasteiger partial charge in [0.2, 0.25) is 16.8 Å². The van der Waals surface area contributed by atoms with Crippen LogP contribution in [0.25, 0.3) is 0 Å². The smallest absolute Gasteiger partial charge is 0.244 e. The molecule has 4 rings (SSSR count). The summed E-state index contributed by atoms with van der Waals surface area (Å²) in [6.45, 7) is 2.68. The van der Waals surface area contributed by atoms with E-state index in [1.807, 2.05) is 18.2 Å². The molecule has 1 atom stereocenters. The van der Waals surface area contributed by atoms with E-state index in [2.05, 4.69) is 9.62 Å². The van der Waals surface area contributed by atoms with Crippen LogP contribution in [0.1, 0.15) is 11.6 Å². The summed E-state index contributed by atoms with van der Waals surface area (Å²) in [5.41, 5.74) is 0.884. The average molecular weight is 438 g/mol. The molecule has 2 aromatic rings. The molecular weight excluding hydrogens is 415 g/mol. The number of halogens is 1. The molecule has 2 aliphatic heterocycles. The largest absolute Gasteiger partial charge is 0.495 e. The number of methoxy groups -OCH3 is 1. The highest BCUT2D eigenvalue weighted by Crippen LogP contribution is 2.36. The van der Waals surface area contributed by atoms with Crippen molar-refractivity contribution in [3.63, 3.8) is 0 Å². The summed E-state index contributed by atoms with van der Waals surface area (Å²) in [5, 5.41) is 0. The van der Waals surface area contributed by atoms with Gasteiger partial charge in [-0.25, -0.2) is 17.5 Å². The molecule has 2 aliphatic rings. The highest BCUT2D eigenvalue weighted by atomic mass is 32.2. The molecule has 30 heavy (non-hydrogen) atoms. The van der Waals surface area contributed by atoms with Gasteiger partial charge in [0.15, 0.2) is 11.5 Å². The molecule has 0 radical (unpaired) electrons. The van der Waals surface area contributed by atoms with Gasteiger partial charge in [-0.05, 0) is 35.9 Å². The second-order valence-electron chi connectivity index (χ2n) is 6.92. The van der Waals surface area contributed by atoms with Crippen molar-refractivity contribution in [2.75, 3.05) is 46.8 Å². The van der Waals surface area contributed by atoms with Crippen LogP contribution < -0.4 is 18.9 Å². The normalized spacial score (nSPS) is 17.7. The molecule has 0 bridgehead atoms. The summed E-state index contributed by atoms with van der Waals surface area (Å²) in [6, 6.07) is 8.70. The van der Waals surface area contributed by atoms with E-state index in [0.29, 0.717) is 37.8 Å². The van der Waals surface area contributed by atoms with Gasteiger partial charge in [0.25, 0.3) is 0 Å². The van der Waals surface area contributed by atoms with Crippen molar-refractivity contribution < 1.29 is 31.8 Å². The Morgan fingerprint density at radius 3 is 2.67 bits per heavy atom. The Balaban J connectivity index is 1.60. The van der Waals surface area contributed by atoms with Crippen LogP contribution in [0.15, 0.2) is 41.3 Å². The Morgan fingerprint density at radius 1 is 1.13 bits per heavy atom. The molecule has 10 heteroatoms. The van der Waals surface area contributed by atoms with E-state index in [1.54, 1.807) is 0 Å². The first-order valence-electron chi connectivity index (χ1n) is 9.52. The molecule has 0 saturated carbocycles. The zero-order chi connectivity index (χ0) is 21.1. The molecule has 1 saturated heterocycles. The van der Waals surface area contributed by atoms with Crippen LogP contribution in [0.2, 0.25) is 0 Å². The van der Waals surface area contributed by atoms with Crippen molar-refractivity contribution in [3.05, 3.63) is 47.8 Å². The van der Waals surface area contributed by atoms with Gasteiger partial charge in [-0.1, -0.05) is 6.07 Å². The standard InChI is InChI=1S/C20H23FN2O6S/c1-26-18-5-3-15(21)11-20(18)30(24,25)22-12-16(23-6-8-27-9-7-23)14-2-4-17-19(10-14)29-13-28-17/h2-5,10-11,16,22H,6-9,12-13H2,1H3/t16-/m0/s1. The quantitative estimate of drug-likeness (QED) is 0.707. The molecule has 8 nitrogen and oxygen atoms in total. The summed E-state index contributed by atoms with van der Waals surface area (Å²) in [5.74, 6) is 0.705. The fourth-order valence-corrected chi connectivity index (χ4v) is 4.81. The molecule has 1 fully saturated rings. The fraction of sp³-hybridized carbons (Fsp3) is 0.400. The first-order valence-corrected chi connectivity index (χ1v) is 11.0. The molecule has 0 unspecified atom stereocenters. The number of hydrogen-bond donors (Lipinski definition) is 1. The lowest BCUT2D eigenvalue weighted by molar-refractivity contribution is 0.0171. The first-order chi connectivity index (χ1) is 14.5. The minimum Gasteiger partial charge on any atom is -0.495 e. The van der Waals surface area contributed by atoms with Crippen LogP contribution in [-0.2, 0) is 14.8 Å². The number of morpholine rings is 1. The molecular formula is C20H23FN2O6S. The predicted octanol–water partition coefficient (Wildman–Crippen LogP) is 1.91. The van der Waals surface area contributed by atoms with Gasteiger partial charge < -0.3 is 18.9 Å². The molecule has 0 aliphatic carbocycles. The zero-order valence-corrected chi connectivity index (χ0v) is 17.3. The third kappa shape index (κ3) is 4.36. The number of benzene rings is 2. The lowest BCUT2D eigenvalue weighted by Gasteiger charge is -2.35. The van der Waals surface area contributed by atoms with E-state index in [0.717, 1.165) is 17.7 Å². The third-order valence-corrected chi connectivity index (χ3v) is 6.59. The molecule has 0 aromatic heterocycles. The maximum atomic E-state index is 13.7. The molecule has 0 amide bonds. The highest BCUT2D eigenvalue weighted by molar-refractivity contribution is 7.89. The molecule has 2 aromatic carbocycles. The Morgan fingerprint density at radius 2 is 1.90 bits per heavy atom. The summed E-state index contributed by atoms with van der Waals surface area (Å²) in [4.78, 5) is 1.91. The van der Waals surface area contributed by atoms with E-state index in [-0.39, 0.29) is 30.0 Å². The number of nitrogens with zero attached hydrogens (tertiary/aromatic N) is 1. The van der Waals surface area contributed by atoms with Gasteiger partial charge in [0.1, 0.15) is 16.5 Å². The maximum absolute atomic E-state index is 13.7. The number of sulfonamides is 1. The lowest BCUT2D eigenvalue weighted by Crippen LogP contribution is -2.43. The van der Waals surface area contributed by atoms with Crippen molar-refractivity contribution in [2.24, 2.45) is 0 Å². The Bertz CT molecular complexity index is 1010. The summed E-state index contributed by atoms with van der Waals surface area (Å²) in [6.07, 6.45) is 0. The summed E-state index contributed by atoms with van der Waals surface area (Å²) in [7, 11) is -2.66. The summed E-state index contributed by atoms with van der Waals surface area (Å²) < 4.78 is 63.5. The van der Waals surface area contributed by atoms with Crippen LogP contribution in [0.4, 0.5) is 4.39 Å². The minimum atomic E-state index is -4.01. The number of nitrogens with one attached hydrogen (secondary N) is 1. The second kappa shape index (κ2) is 8.76. The third-order valence-electron chi connectivity index (χ3n) is 5.15. The van der Waals surface area contributed by atoms with Gasteiger partial charge >= 0.3 is 0 Å². The van der Waals surface area contributed by atoms with Gasteiger partial charge in [-0.3, -0.25) is 4.90 Å². The van der Waals surface area contributed by atoms with Crippen molar-refractivity contribution in [2.45, 2.75) is 10.9 Å². The van der Waals surface area contributed by atoms with Crippen LogP contribution in [0, 0.1) is 5.82 Å². The van der Waals surface area contributed by atoms with Crippen molar-refractivity contribution in [1.82, 2.24) is 9.62 Å². The number of rotatable bonds is 7. The predicted molar refractivity (Wildman–Crippen MR) is 106 cm³/mol. The monoisotopic (exact) mass is 438 g/mol. The van der Waals surface area contributed by atoms with E-state index in [1.165, 1.54) is 13.2 Å². The summed E-state index contributed by atoms with van der Waals surface area (Å²) >= 11 is 0. The van der Waals surface area contributed by atoms with Crippen LogP contribution >= 0.6 is 0 Å². The minimum absolute atomic E-state index is 0.0786. The fourth-order valence-electron chi connectivity index (χ4n) is 3.59. The lowest BCUT2D eigenvalue weighted by atomic mass is 10.0. The first kappa shape index (κ1) is 20.9. The van der Waals surface area contributed by atoms with E-state index in [9.17, 15) is 12.8 Å². The second-order valence-corrected chi connectivity index (χ2v) is 8.66. The van der Waals surface area contributed by atoms with Crippen LogP contribution in [-0.4, -0.2) is 60.1 Å². The van der Waals surface area contributed by atoms with Gasteiger partial charge in [-0.15, -0.1) is 0 Å². The molecule has 162 valence electrons. The SMILES string of the molecule is COc1ccc(F)cc1S(=O)(=O)NC[C@@H](c1ccc2c(c1)OCO2)N1CCOCC1. The molecule has 2 heterocycles. The van der Waals surface area contributed by atoms with Gasteiger partial charge in [-0.2, -0.15) is 0 Å².